The third-order valence-electron chi connectivity index (χ3n) is 10.8. The Kier molecular flexibility index (Phi) is 13.6. The first kappa shape index (κ1) is 42.4. The van der Waals surface area contributed by atoms with Gasteiger partial charge >= 0.3 is 12.1 Å². The Morgan fingerprint density at radius 1 is 0.862 bits per heavy atom. The van der Waals surface area contributed by atoms with Gasteiger partial charge in [-0.2, -0.15) is 13.2 Å². The fourth-order valence-corrected chi connectivity index (χ4v) is 7.32. The number of fused-ring (bicyclic) bond motifs is 1. The van der Waals surface area contributed by atoms with Crippen LogP contribution in [0, 0.1) is 11.8 Å². The van der Waals surface area contributed by atoms with Crippen molar-refractivity contribution in [1.82, 2.24) is 10.2 Å². The van der Waals surface area contributed by atoms with Crippen molar-refractivity contribution in [2.24, 2.45) is 17.0 Å². The van der Waals surface area contributed by atoms with E-state index in [-0.39, 0.29) is 44.2 Å². The minimum absolute atomic E-state index is 0.0193. The number of azide groups is 1. The summed E-state index contributed by atoms with van der Waals surface area (Å²) in [5, 5.41) is 6.03. The molecule has 0 aliphatic carbocycles. The lowest BCUT2D eigenvalue weighted by Crippen LogP contribution is -2.66. The van der Waals surface area contributed by atoms with Crippen molar-refractivity contribution >= 4 is 17.7 Å². The minimum atomic E-state index is -5.24. The quantitative estimate of drug-likeness (QED) is 0.0878. The molecule has 15 nitrogen and oxygen atoms in total. The molecule has 3 aliphatic heterocycles. The number of hydrogen-bond donors (Lipinski definition) is 1. The largest absolute Gasteiger partial charge is 0.497 e. The maximum atomic E-state index is 13.8. The first-order chi connectivity index (χ1) is 27.8. The number of carbonyl (C=O) groups is 3. The lowest BCUT2D eigenvalue weighted by molar-refractivity contribution is -0.280. The van der Waals surface area contributed by atoms with Gasteiger partial charge in [0, 0.05) is 4.91 Å². The Balaban J connectivity index is 1.30. The van der Waals surface area contributed by atoms with Crippen LogP contribution in [0.5, 0.6) is 11.5 Å². The van der Waals surface area contributed by atoms with E-state index in [1.807, 2.05) is 17.4 Å². The highest BCUT2D eigenvalue weighted by atomic mass is 19.4. The smallest absolute Gasteiger partial charge is 0.471 e. The first-order valence-electron chi connectivity index (χ1n) is 18.6. The number of carbonyl (C=O) groups excluding carboxylic acids is 3. The van der Waals surface area contributed by atoms with Crippen LogP contribution in [-0.2, 0) is 41.7 Å². The highest BCUT2D eigenvalue weighted by molar-refractivity contribution is 6.21. The van der Waals surface area contributed by atoms with Gasteiger partial charge in [0.25, 0.3) is 11.8 Å². The van der Waals surface area contributed by atoms with Gasteiger partial charge in [-0.05, 0) is 64.9 Å². The van der Waals surface area contributed by atoms with Gasteiger partial charge in [-0.15, -0.1) is 0 Å². The normalized spacial score (nSPS) is 27.1. The number of nitrogens with zero attached hydrogens (tertiary/aromatic N) is 4. The molecule has 3 heterocycles. The van der Waals surface area contributed by atoms with Crippen molar-refractivity contribution in [1.29, 1.82) is 0 Å². The number of alkyl halides is 3. The molecule has 2 fully saturated rings. The van der Waals surface area contributed by atoms with Crippen molar-refractivity contribution < 1.29 is 60.7 Å². The molecule has 3 amide bonds. The van der Waals surface area contributed by atoms with Gasteiger partial charge in [0.1, 0.15) is 11.5 Å². The average molecular weight is 812 g/mol. The fraction of sp³-hybridized carbons (Fsp3) is 0.475. The van der Waals surface area contributed by atoms with Crippen LogP contribution in [-0.4, -0.2) is 106 Å². The van der Waals surface area contributed by atoms with Gasteiger partial charge in [-0.1, -0.05) is 55.4 Å². The maximum absolute atomic E-state index is 13.8. The second-order valence-corrected chi connectivity index (χ2v) is 14.2. The number of ether oxygens (including phenoxy) is 7. The number of benzene rings is 3. The molecule has 0 bridgehead atoms. The number of nitrogens with one attached hydrogen (secondary N) is 1. The molecule has 18 heteroatoms. The van der Waals surface area contributed by atoms with E-state index in [4.69, 9.17) is 33.2 Å². The second-order valence-electron chi connectivity index (χ2n) is 14.2. The summed E-state index contributed by atoms with van der Waals surface area (Å²) in [5.74, 6) is -3.42. The van der Waals surface area contributed by atoms with Crippen LogP contribution in [0.15, 0.2) is 77.9 Å². The Labute approximate surface area is 332 Å². The zero-order chi connectivity index (χ0) is 41.6. The highest BCUT2D eigenvalue weighted by Gasteiger charge is 2.54. The van der Waals surface area contributed by atoms with Gasteiger partial charge < -0.3 is 38.5 Å². The molecule has 4 unspecified atom stereocenters. The van der Waals surface area contributed by atoms with Crippen LogP contribution in [0.3, 0.4) is 0 Å². The predicted octanol–water partition coefficient (Wildman–Crippen LogP) is 5.61. The van der Waals surface area contributed by atoms with E-state index >= 15 is 0 Å². The summed E-state index contributed by atoms with van der Waals surface area (Å²) in [5.41, 5.74) is 11.7. The third-order valence-corrected chi connectivity index (χ3v) is 10.8. The number of hydrogen-bond acceptors (Lipinski definition) is 11. The zero-order valence-electron chi connectivity index (χ0n) is 32.2. The molecule has 0 saturated carbocycles. The van der Waals surface area contributed by atoms with E-state index in [1.54, 1.807) is 76.6 Å². The number of halogens is 3. The van der Waals surface area contributed by atoms with Gasteiger partial charge in [0.2, 0.25) is 0 Å². The molecule has 3 aliphatic rings. The molecule has 3 aromatic rings. The zero-order valence-corrected chi connectivity index (χ0v) is 32.2. The molecule has 1 N–H and O–H groups in total. The van der Waals surface area contributed by atoms with Crippen LogP contribution in [0.4, 0.5) is 13.2 Å². The third kappa shape index (κ3) is 9.38. The summed E-state index contributed by atoms with van der Waals surface area (Å²) >= 11 is 0. The summed E-state index contributed by atoms with van der Waals surface area (Å²) in [6.45, 7) is 3.19. The Morgan fingerprint density at radius 3 is 1.90 bits per heavy atom. The lowest BCUT2D eigenvalue weighted by atomic mass is 9.82. The number of amides is 3. The lowest BCUT2D eigenvalue weighted by Gasteiger charge is -2.49. The van der Waals surface area contributed by atoms with E-state index < -0.39 is 78.5 Å². The summed E-state index contributed by atoms with van der Waals surface area (Å²) in [6.07, 6.45) is -10.1. The average Bonchev–Trinajstić information content (AvgIpc) is 3.47. The van der Waals surface area contributed by atoms with Crippen molar-refractivity contribution in [3.63, 3.8) is 0 Å². The predicted molar refractivity (Wildman–Crippen MR) is 199 cm³/mol. The molecule has 0 aromatic heterocycles. The van der Waals surface area contributed by atoms with Crippen molar-refractivity contribution in [2.75, 3.05) is 34.0 Å². The number of imide groups is 1. The second kappa shape index (κ2) is 18.6. The van der Waals surface area contributed by atoms with Crippen LogP contribution in [0.1, 0.15) is 45.7 Å². The molecule has 6 rings (SSSR count). The van der Waals surface area contributed by atoms with E-state index in [0.717, 1.165) is 16.0 Å². The van der Waals surface area contributed by atoms with E-state index in [9.17, 15) is 33.1 Å². The van der Waals surface area contributed by atoms with Gasteiger partial charge in [-0.3, -0.25) is 19.3 Å². The molecular formula is C40H44F3N5O10. The standard InChI is InChI=1S/C40H44F3N5O10/c1-22-23(2)33(45-39(51)40(41,42)43)38(57-31(22)20-54-17-24-9-13-26(52-3)14-10-24)58-35-30(48-36(49)28-7-5-6-8-29(28)37(48)50)19-56-32(34(35)46-47-44)21-55-18-25-11-15-27(53-4)16-12-25/h5-16,22-23,30-35,38H,17-21H2,1-4H3,(H,45,51)/t22-,23+,30?,31?,32?,33?,34+,35-,38+/m1/s1. The molecular weight excluding hydrogens is 767 g/mol. The number of rotatable bonds is 15. The molecule has 310 valence electrons. The summed E-state index contributed by atoms with van der Waals surface area (Å²) in [6, 6.07) is 16.5. The van der Waals surface area contributed by atoms with E-state index in [1.165, 1.54) is 12.1 Å². The SMILES string of the molecule is COc1ccc(COCC2O[C@@H](O[C@@H]3C(N4C(=O)c5ccccc5C4=O)COC(COCc4ccc(OC)cc4)[C@@H]3N=[N+]=[N-])C(NC(=O)C(F)(F)F)[C@@H](C)[C@H]2C)cc1. The Hall–Kier alpha value is -5.23. The molecule has 2 saturated heterocycles. The van der Waals surface area contributed by atoms with Crippen molar-refractivity contribution in [2.45, 2.75) is 76.0 Å². The first-order valence-corrected chi connectivity index (χ1v) is 18.6. The van der Waals surface area contributed by atoms with Crippen LogP contribution in [0.2, 0.25) is 0 Å². The topological polar surface area (TPSA) is 180 Å². The van der Waals surface area contributed by atoms with Crippen LogP contribution in [0.25, 0.3) is 10.4 Å². The molecule has 9 atom stereocenters. The Bertz CT molecular complexity index is 1930. The van der Waals surface area contributed by atoms with E-state index in [0.29, 0.717) is 11.5 Å². The van der Waals surface area contributed by atoms with Gasteiger partial charge in [0.05, 0.1) is 94.8 Å². The van der Waals surface area contributed by atoms with Gasteiger partial charge in [0.15, 0.2) is 6.29 Å². The summed E-state index contributed by atoms with van der Waals surface area (Å²) < 4.78 is 82.7. The molecule has 0 radical (unpaired) electrons. The summed E-state index contributed by atoms with van der Waals surface area (Å²) in [4.78, 5) is 44.1. The van der Waals surface area contributed by atoms with Crippen molar-refractivity contribution in [3.05, 3.63) is 105 Å². The monoisotopic (exact) mass is 811 g/mol. The number of methoxy groups -OCH3 is 2. The highest BCUT2D eigenvalue weighted by Crippen LogP contribution is 2.37. The Morgan fingerprint density at radius 2 is 1.40 bits per heavy atom. The van der Waals surface area contributed by atoms with Gasteiger partial charge in [-0.25, -0.2) is 0 Å². The van der Waals surface area contributed by atoms with Crippen LogP contribution >= 0.6 is 0 Å². The molecule has 0 spiro atoms. The molecule has 58 heavy (non-hydrogen) atoms. The van der Waals surface area contributed by atoms with E-state index in [2.05, 4.69) is 10.0 Å². The summed E-state index contributed by atoms with van der Waals surface area (Å²) in [7, 11) is 3.09. The molecule has 3 aromatic carbocycles. The minimum Gasteiger partial charge on any atom is -0.497 e. The fourth-order valence-electron chi connectivity index (χ4n) is 7.32. The maximum Gasteiger partial charge on any atom is 0.471 e. The van der Waals surface area contributed by atoms with Crippen LogP contribution < -0.4 is 14.8 Å². The van der Waals surface area contributed by atoms with Crippen molar-refractivity contribution in [3.8, 4) is 11.5 Å².